The number of hydrogen-bond acceptors (Lipinski definition) is 3. The van der Waals surface area contributed by atoms with Crippen LogP contribution < -0.4 is 15.2 Å². The van der Waals surface area contributed by atoms with Crippen molar-refractivity contribution in [2.45, 2.75) is 38.9 Å². The number of nitrogens with two attached hydrogens (primary N) is 1. The van der Waals surface area contributed by atoms with Crippen molar-refractivity contribution >= 4 is 5.91 Å². The molecule has 92 valence electrons. The van der Waals surface area contributed by atoms with Crippen LogP contribution in [0.1, 0.15) is 26.3 Å². The van der Waals surface area contributed by atoms with Gasteiger partial charge in [0, 0.05) is 12.0 Å². The Bertz CT molecular complexity index is 454. The number of benzene rings is 1. The summed E-state index contributed by atoms with van der Waals surface area (Å²) in [6, 6.07) is 5.69. The van der Waals surface area contributed by atoms with Crippen LogP contribution in [0.4, 0.5) is 0 Å². The summed E-state index contributed by atoms with van der Waals surface area (Å²) in [6.07, 6.45) is 0.179. The Hall–Kier alpha value is -1.71. The number of hydrogen-bond donors (Lipinski definition) is 1. The second-order valence-electron chi connectivity index (χ2n) is 4.95. The molecule has 4 heteroatoms. The molecule has 1 unspecified atom stereocenters. The van der Waals surface area contributed by atoms with Gasteiger partial charge in [0.1, 0.15) is 5.60 Å². The fourth-order valence-corrected chi connectivity index (χ4v) is 1.93. The average molecular weight is 235 g/mol. The number of carbonyl (C=O) groups is 1. The molecule has 1 aromatic rings. The molecule has 4 nitrogen and oxygen atoms in total. The van der Waals surface area contributed by atoms with Crippen LogP contribution >= 0.6 is 0 Å². The number of rotatable bonds is 3. The maximum Gasteiger partial charge on any atom is 0.258 e. The van der Waals surface area contributed by atoms with Crippen LogP contribution in [-0.2, 0) is 11.2 Å². The molecule has 2 rings (SSSR count). The molecular weight excluding hydrogens is 218 g/mol. The van der Waals surface area contributed by atoms with Crippen LogP contribution in [0.2, 0.25) is 0 Å². The van der Waals surface area contributed by atoms with E-state index in [2.05, 4.69) is 0 Å². The van der Waals surface area contributed by atoms with Gasteiger partial charge in [-0.3, -0.25) is 4.79 Å². The molecule has 0 saturated heterocycles. The van der Waals surface area contributed by atoms with Gasteiger partial charge >= 0.3 is 0 Å². The normalized spacial score (nSPS) is 18.1. The summed E-state index contributed by atoms with van der Waals surface area (Å²) in [5.74, 6) is 0.824. The highest BCUT2D eigenvalue weighted by Crippen LogP contribution is 2.41. The van der Waals surface area contributed by atoms with Gasteiger partial charge in [-0.1, -0.05) is 12.1 Å². The first-order valence-electron chi connectivity index (χ1n) is 5.66. The first-order valence-corrected chi connectivity index (χ1v) is 5.66. The van der Waals surface area contributed by atoms with E-state index in [1.165, 1.54) is 0 Å². The van der Waals surface area contributed by atoms with Gasteiger partial charge in [-0.25, -0.2) is 0 Å². The van der Waals surface area contributed by atoms with E-state index in [1.807, 2.05) is 26.0 Å². The SMILES string of the molecule is CC(Oc1cccc2c1OC(C)(C)C2)C(N)=O. The van der Waals surface area contributed by atoms with Crippen LogP contribution in [0.3, 0.4) is 0 Å². The van der Waals surface area contributed by atoms with E-state index in [-0.39, 0.29) is 5.60 Å². The van der Waals surface area contributed by atoms with Crippen molar-refractivity contribution in [2.24, 2.45) is 5.73 Å². The van der Waals surface area contributed by atoms with Gasteiger partial charge in [0.15, 0.2) is 17.6 Å². The molecule has 0 spiro atoms. The minimum absolute atomic E-state index is 0.224. The first kappa shape index (κ1) is 11.8. The van der Waals surface area contributed by atoms with Gasteiger partial charge in [-0.15, -0.1) is 0 Å². The molecule has 0 aliphatic carbocycles. The summed E-state index contributed by atoms with van der Waals surface area (Å²) in [5.41, 5.74) is 6.05. The zero-order chi connectivity index (χ0) is 12.6. The maximum atomic E-state index is 11.0. The Balaban J connectivity index is 2.27. The fraction of sp³-hybridized carbons (Fsp3) is 0.462. The van der Waals surface area contributed by atoms with E-state index in [0.717, 1.165) is 17.7 Å². The lowest BCUT2D eigenvalue weighted by atomic mass is 10.0. The van der Waals surface area contributed by atoms with Crippen molar-refractivity contribution < 1.29 is 14.3 Å². The summed E-state index contributed by atoms with van der Waals surface area (Å²) in [4.78, 5) is 11.0. The van der Waals surface area contributed by atoms with Crippen LogP contribution in [0, 0.1) is 0 Å². The molecule has 1 atom stereocenters. The van der Waals surface area contributed by atoms with Crippen molar-refractivity contribution in [1.29, 1.82) is 0 Å². The molecule has 17 heavy (non-hydrogen) atoms. The van der Waals surface area contributed by atoms with Gasteiger partial charge in [-0.2, -0.15) is 0 Å². The smallest absolute Gasteiger partial charge is 0.258 e. The number of ether oxygens (including phenoxy) is 2. The van der Waals surface area contributed by atoms with Gasteiger partial charge in [0.2, 0.25) is 0 Å². The third kappa shape index (κ3) is 2.35. The highest BCUT2D eigenvalue weighted by Gasteiger charge is 2.32. The van der Waals surface area contributed by atoms with Crippen molar-refractivity contribution in [2.75, 3.05) is 0 Å². The largest absolute Gasteiger partial charge is 0.483 e. The zero-order valence-corrected chi connectivity index (χ0v) is 10.3. The Morgan fingerprint density at radius 2 is 2.24 bits per heavy atom. The monoisotopic (exact) mass is 235 g/mol. The van der Waals surface area contributed by atoms with E-state index in [0.29, 0.717) is 5.75 Å². The number of carbonyl (C=O) groups excluding carboxylic acids is 1. The summed E-state index contributed by atoms with van der Waals surface area (Å²) in [6.45, 7) is 5.67. The first-order chi connectivity index (χ1) is 7.89. The lowest BCUT2D eigenvalue weighted by Crippen LogP contribution is -2.31. The molecule has 1 amide bonds. The molecule has 0 bridgehead atoms. The van der Waals surface area contributed by atoms with Gasteiger partial charge < -0.3 is 15.2 Å². The highest BCUT2D eigenvalue weighted by molar-refractivity contribution is 5.78. The Morgan fingerprint density at radius 1 is 1.53 bits per heavy atom. The van der Waals surface area contributed by atoms with Crippen LogP contribution in [-0.4, -0.2) is 17.6 Å². The van der Waals surface area contributed by atoms with Crippen LogP contribution in [0.15, 0.2) is 18.2 Å². The fourth-order valence-electron chi connectivity index (χ4n) is 1.93. The van der Waals surface area contributed by atoms with E-state index in [4.69, 9.17) is 15.2 Å². The second kappa shape index (κ2) is 3.95. The quantitative estimate of drug-likeness (QED) is 0.866. The van der Waals surface area contributed by atoms with Gasteiger partial charge in [0.05, 0.1) is 0 Å². The van der Waals surface area contributed by atoms with Crippen LogP contribution in [0.5, 0.6) is 11.5 Å². The molecule has 1 aliphatic rings. The second-order valence-corrected chi connectivity index (χ2v) is 4.95. The average Bonchev–Trinajstić information content (AvgIpc) is 2.53. The summed E-state index contributed by atoms with van der Waals surface area (Å²) >= 11 is 0. The van der Waals surface area contributed by atoms with Crippen molar-refractivity contribution in [3.8, 4) is 11.5 Å². The molecule has 0 radical (unpaired) electrons. The Morgan fingerprint density at radius 3 is 2.88 bits per heavy atom. The van der Waals surface area contributed by atoms with Crippen molar-refractivity contribution in [3.05, 3.63) is 23.8 Å². The topological polar surface area (TPSA) is 61.6 Å². The van der Waals surface area contributed by atoms with E-state index in [9.17, 15) is 4.79 Å². The third-order valence-electron chi connectivity index (χ3n) is 2.76. The Kier molecular flexibility index (Phi) is 2.73. The predicted molar refractivity (Wildman–Crippen MR) is 64.1 cm³/mol. The number of primary amides is 1. The van der Waals surface area contributed by atoms with E-state index in [1.54, 1.807) is 13.0 Å². The molecule has 0 saturated carbocycles. The standard InChI is InChI=1S/C13H17NO3/c1-8(12(14)15)16-10-6-4-5-9-7-13(2,3)17-11(9)10/h4-6,8H,7H2,1-3H3,(H2,14,15). The van der Waals surface area contributed by atoms with E-state index >= 15 is 0 Å². The van der Waals surface area contributed by atoms with Gasteiger partial charge in [0.25, 0.3) is 5.91 Å². The molecular formula is C13H17NO3. The summed E-state index contributed by atoms with van der Waals surface area (Å²) < 4.78 is 11.3. The number of amides is 1. The minimum atomic E-state index is -0.659. The van der Waals surface area contributed by atoms with E-state index < -0.39 is 12.0 Å². The molecule has 0 fully saturated rings. The maximum absolute atomic E-state index is 11.0. The molecule has 1 heterocycles. The summed E-state index contributed by atoms with van der Waals surface area (Å²) in [5, 5.41) is 0. The molecule has 0 aromatic heterocycles. The van der Waals surface area contributed by atoms with Crippen molar-refractivity contribution in [1.82, 2.24) is 0 Å². The number of fused-ring (bicyclic) bond motifs is 1. The van der Waals surface area contributed by atoms with Crippen LogP contribution in [0.25, 0.3) is 0 Å². The predicted octanol–water partition coefficient (Wildman–Crippen LogP) is 1.65. The zero-order valence-electron chi connectivity index (χ0n) is 10.3. The molecule has 1 aliphatic heterocycles. The molecule has 1 aromatic carbocycles. The Labute approximate surface area is 101 Å². The minimum Gasteiger partial charge on any atom is -0.483 e. The number of para-hydroxylation sites is 1. The third-order valence-corrected chi connectivity index (χ3v) is 2.76. The summed E-state index contributed by atoms with van der Waals surface area (Å²) in [7, 11) is 0. The molecule has 2 N–H and O–H groups in total. The lowest BCUT2D eigenvalue weighted by Gasteiger charge is -2.19. The van der Waals surface area contributed by atoms with Crippen molar-refractivity contribution in [3.63, 3.8) is 0 Å². The highest BCUT2D eigenvalue weighted by atomic mass is 16.5. The lowest BCUT2D eigenvalue weighted by molar-refractivity contribution is -0.124. The van der Waals surface area contributed by atoms with Gasteiger partial charge in [-0.05, 0) is 26.8 Å².